The average Bonchev–Trinajstić information content (AvgIpc) is 2.36. The van der Waals surface area contributed by atoms with Gasteiger partial charge in [-0.15, -0.1) is 0 Å². The molecular weight excluding hydrogens is 239 g/mol. The molecule has 0 N–H and O–H groups in total. The molecule has 1 rings (SSSR count). The Morgan fingerprint density at radius 2 is 2.22 bits per heavy atom. The van der Waals surface area contributed by atoms with E-state index in [0.29, 0.717) is 0 Å². The van der Waals surface area contributed by atoms with Crippen LogP contribution >= 0.6 is 0 Å². The summed E-state index contributed by atoms with van der Waals surface area (Å²) >= 11 is 0. The Morgan fingerprint density at radius 1 is 1.50 bits per heavy atom. The van der Waals surface area contributed by atoms with Gasteiger partial charge >= 0.3 is 5.97 Å². The van der Waals surface area contributed by atoms with Crippen LogP contribution in [0.5, 0.6) is 5.75 Å². The molecule has 1 aromatic rings. The number of alkyl halides is 1. The minimum absolute atomic E-state index is 0.193. The number of methoxy groups -OCH3 is 1. The number of ether oxygens (including phenoxy) is 2. The smallest absolute Gasteiger partial charge is 0.340 e. The highest BCUT2D eigenvalue weighted by atomic mass is 19.1. The number of esters is 1. The molecule has 0 aliphatic carbocycles. The zero-order chi connectivity index (χ0) is 13.5. The van der Waals surface area contributed by atoms with Crippen LogP contribution in [0.4, 0.5) is 10.1 Å². The number of hydrogen-bond donors (Lipinski definition) is 0. The summed E-state index contributed by atoms with van der Waals surface area (Å²) < 4.78 is 21.7. The third-order valence-corrected chi connectivity index (χ3v) is 2.03. The van der Waals surface area contributed by atoms with Crippen LogP contribution in [0.3, 0.4) is 0 Å². The van der Waals surface area contributed by atoms with Crippen molar-refractivity contribution in [2.45, 2.75) is 0 Å². The minimum Gasteiger partial charge on any atom is -0.465 e. The number of benzene rings is 1. The molecule has 0 atom stereocenters. The van der Waals surface area contributed by atoms with E-state index < -0.39 is 12.8 Å². The van der Waals surface area contributed by atoms with Gasteiger partial charge in [0, 0.05) is 14.1 Å². The minimum atomic E-state index is -0.991. The van der Waals surface area contributed by atoms with Crippen molar-refractivity contribution in [3.63, 3.8) is 0 Å². The lowest BCUT2D eigenvalue weighted by atomic mass is 10.1. The molecule has 0 saturated heterocycles. The summed E-state index contributed by atoms with van der Waals surface area (Å²) in [7, 11) is 4.82. The van der Waals surface area contributed by atoms with Gasteiger partial charge in [0.15, 0.2) is 0 Å². The molecule has 0 spiro atoms. The van der Waals surface area contributed by atoms with E-state index in [1.165, 1.54) is 19.5 Å². The number of aliphatic imine (C=N–C) groups is 1. The van der Waals surface area contributed by atoms with Crippen LogP contribution in [-0.2, 0) is 4.74 Å². The first-order valence-electron chi connectivity index (χ1n) is 5.21. The lowest BCUT2D eigenvalue weighted by Gasteiger charge is -2.10. The van der Waals surface area contributed by atoms with Crippen molar-refractivity contribution in [3.8, 4) is 5.75 Å². The molecule has 0 aliphatic rings. The van der Waals surface area contributed by atoms with Crippen molar-refractivity contribution in [3.05, 3.63) is 23.8 Å². The first kappa shape index (κ1) is 14.0. The summed E-state index contributed by atoms with van der Waals surface area (Å²) in [5, 5.41) is 0. The predicted molar refractivity (Wildman–Crippen MR) is 66.2 cm³/mol. The van der Waals surface area contributed by atoms with E-state index in [1.54, 1.807) is 31.1 Å². The highest BCUT2D eigenvalue weighted by Gasteiger charge is 2.15. The second kappa shape index (κ2) is 6.58. The van der Waals surface area contributed by atoms with Gasteiger partial charge in [0.2, 0.25) is 6.86 Å². The van der Waals surface area contributed by atoms with Gasteiger partial charge in [0.25, 0.3) is 0 Å². The molecule has 0 aliphatic heterocycles. The standard InChI is InChI=1S/C12H15FN2O3/c1-15(2)8-14-11-9(12(16)17-3)5-4-6-10(11)18-7-13/h4-6,8H,7H2,1-3H3/b14-8+. The number of rotatable bonds is 5. The highest BCUT2D eigenvalue weighted by Crippen LogP contribution is 2.32. The fourth-order valence-corrected chi connectivity index (χ4v) is 1.28. The number of nitrogens with zero attached hydrogens (tertiary/aromatic N) is 2. The van der Waals surface area contributed by atoms with Gasteiger partial charge in [-0.25, -0.2) is 14.2 Å². The van der Waals surface area contributed by atoms with E-state index in [4.69, 9.17) is 4.74 Å². The molecule has 0 unspecified atom stereocenters. The van der Waals surface area contributed by atoms with Crippen molar-refractivity contribution in [2.24, 2.45) is 4.99 Å². The number of para-hydroxylation sites is 1. The lowest BCUT2D eigenvalue weighted by Crippen LogP contribution is -2.08. The summed E-state index contributed by atoms with van der Waals surface area (Å²) in [6.45, 7) is -0.991. The van der Waals surface area contributed by atoms with Crippen molar-refractivity contribution < 1.29 is 18.7 Å². The zero-order valence-corrected chi connectivity index (χ0v) is 10.5. The SMILES string of the molecule is COC(=O)c1cccc(OCF)c1/N=C/N(C)C. The number of halogens is 1. The molecule has 5 nitrogen and oxygen atoms in total. The maximum Gasteiger partial charge on any atom is 0.340 e. The third kappa shape index (κ3) is 3.44. The molecule has 0 amide bonds. The van der Waals surface area contributed by atoms with E-state index in [9.17, 15) is 9.18 Å². The van der Waals surface area contributed by atoms with Gasteiger partial charge in [0.05, 0.1) is 19.0 Å². The zero-order valence-electron chi connectivity index (χ0n) is 10.5. The summed E-state index contributed by atoms with van der Waals surface area (Å²) in [6, 6.07) is 4.65. The summed E-state index contributed by atoms with van der Waals surface area (Å²) in [5.74, 6) is -0.358. The van der Waals surface area contributed by atoms with Gasteiger partial charge in [-0.3, -0.25) is 0 Å². The van der Waals surface area contributed by atoms with E-state index in [2.05, 4.69) is 9.73 Å². The molecule has 0 aromatic heterocycles. The number of hydrogen-bond acceptors (Lipinski definition) is 4. The Hall–Kier alpha value is -2.11. The average molecular weight is 254 g/mol. The summed E-state index contributed by atoms with van der Waals surface area (Å²) in [4.78, 5) is 17.4. The van der Waals surface area contributed by atoms with Crippen molar-refractivity contribution in [1.82, 2.24) is 4.90 Å². The first-order chi connectivity index (χ1) is 8.60. The number of carbonyl (C=O) groups is 1. The fourth-order valence-electron chi connectivity index (χ4n) is 1.28. The van der Waals surface area contributed by atoms with E-state index in [1.807, 2.05) is 0 Å². The molecule has 0 saturated carbocycles. The Bertz CT molecular complexity index is 447. The van der Waals surface area contributed by atoms with Crippen molar-refractivity contribution in [2.75, 3.05) is 28.1 Å². The second-order valence-corrected chi connectivity index (χ2v) is 3.61. The molecule has 18 heavy (non-hydrogen) atoms. The second-order valence-electron chi connectivity index (χ2n) is 3.61. The highest BCUT2D eigenvalue weighted by molar-refractivity contribution is 5.97. The Morgan fingerprint density at radius 3 is 2.78 bits per heavy atom. The predicted octanol–water partition coefficient (Wildman–Crippen LogP) is 2.00. The summed E-state index contributed by atoms with van der Waals surface area (Å²) in [6.07, 6.45) is 1.49. The fraction of sp³-hybridized carbons (Fsp3) is 0.333. The topological polar surface area (TPSA) is 51.1 Å². The Kier molecular flexibility index (Phi) is 5.10. The molecule has 6 heteroatoms. The van der Waals surface area contributed by atoms with Crippen molar-refractivity contribution >= 4 is 18.0 Å². The van der Waals surface area contributed by atoms with Crippen LogP contribution in [0, 0.1) is 0 Å². The molecule has 0 fully saturated rings. The number of carbonyl (C=O) groups excluding carboxylic acids is 1. The normalized spacial score (nSPS) is 10.4. The Balaban J connectivity index is 3.24. The maximum absolute atomic E-state index is 12.3. The quantitative estimate of drug-likeness (QED) is 0.458. The van der Waals surface area contributed by atoms with Crippen LogP contribution in [0.2, 0.25) is 0 Å². The molecule has 0 heterocycles. The largest absolute Gasteiger partial charge is 0.465 e. The van der Waals surface area contributed by atoms with Crippen LogP contribution in [0.25, 0.3) is 0 Å². The van der Waals surface area contributed by atoms with Crippen LogP contribution in [-0.4, -0.2) is 45.3 Å². The molecule has 0 bridgehead atoms. The Labute approximate surface area is 105 Å². The van der Waals surface area contributed by atoms with Gasteiger partial charge in [-0.1, -0.05) is 6.07 Å². The van der Waals surface area contributed by atoms with Gasteiger partial charge < -0.3 is 14.4 Å². The third-order valence-electron chi connectivity index (χ3n) is 2.03. The molecule has 0 radical (unpaired) electrons. The van der Waals surface area contributed by atoms with Crippen LogP contribution in [0.15, 0.2) is 23.2 Å². The van der Waals surface area contributed by atoms with E-state index in [0.717, 1.165) is 0 Å². The van der Waals surface area contributed by atoms with Gasteiger partial charge in [0.1, 0.15) is 11.4 Å². The molecule has 98 valence electrons. The monoisotopic (exact) mass is 254 g/mol. The summed E-state index contributed by atoms with van der Waals surface area (Å²) in [5.41, 5.74) is 0.470. The first-order valence-corrected chi connectivity index (χ1v) is 5.21. The molecular formula is C12H15FN2O3. The lowest BCUT2D eigenvalue weighted by molar-refractivity contribution is 0.0601. The van der Waals surface area contributed by atoms with E-state index in [-0.39, 0.29) is 17.0 Å². The van der Waals surface area contributed by atoms with Crippen LogP contribution in [0.1, 0.15) is 10.4 Å². The van der Waals surface area contributed by atoms with Crippen LogP contribution < -0.4 is 4.74 Å². The molecule has 1 aromatic carbocycles. The van der Waals surface area contributed by atoms with Crippen molar-refractivity contribution in [1.29, 1.82) is 0 Å². The van der Waals surface area contributed by atoms with E-state index >= 15 is 0 Å². The maximum atomic E-state index is 12.3. The van der Waals surface area contributed by atoms with Gasteiger partial charge in [-0.2, -0.15) is 0 Å². The van der Waals surface area contributed by atoms with Gasteiger partial charge in [-0.05, 0) is 12.1 Å².